The smallest absolute Gasteiger partial charge is 0.0936 e. The maximum absolute atomic E-state index is 5.80. The molecule has 0 saturated heterocycles. The highest BCUT2D eigenvalue weighted by atomic mass is 32.1. The Labute approximate surface area is 80.8 Å². The molecule has 1 aromatic carbocycles. The molecule has 13 heavy (non-hydrogen) atoms. The second-order valence-corrected chi connectivity index (χ2v) is 3.77. The minimum Gasteiger partial charge on any atom is -0.399 e. The molecule has 1 aromatic heterocycles. The fraction of sp³-hybridized carbons (Fsp3) is 0. The minimum absolute atomic E-state index is 0.776. The molecular formula is C10H10N2S. The summed E-state index contributed by atoms with van der Waals surface area (Å²) in [6.07, 6.45) is 0. The average Bonchev–Trinajstić information content (AvgIpc) is 2.53. The van der Waals surface area contributed by atoms with E-state index in [-0.39, 0.29) is 0 Å². The third-order valence-corrected chi connectivity index (χ3v) is 2.66. The van der Waals surface area contributed by atoms with E-state index in [9.17, 15) is 0 Å². The number of nitrogens with two attached hydrogens (primary N) is 2. The van der Waals surface area contributed by atoms with Crippen molar-refractivity contribution < 1.29 is 0 Å². The quantitative estimate of drug-likeness (QED) is 0.679. The Hall–Kier alpha value is -1.48. The lowest BCUT2D eigenvalue weighted by Crippen LogP contribution is -1.85. The summed E-state index contributed by atoms with van der Waals surface area (Å²) in [6, 6.07) is 9.74. The van der Waals surface area contributed by atoms with Crippen molar-refractivity contribution in [2.24, 2.45) is 0 Å². The van der Waals surface area contributed by atoms with Crippen LogP contribution < -0.4 is 11.5 Å². The van der Waals surface area contributed by atoms with Crippen LogP contribution in [-0.4, -0.2) is 0 Å². The van der Waals surface area contributed by atoms with Crippen molar-refractivity contribution in [3.8, 4) is 11.1 Å². The van der Waals surface area contributed by atoms with Crippen molar-refractivity contribution >= 4 is 22.0 Å². The number of hydrogen-bond acceptors (Lipinski definition) is 3. The molecule has 2 aromatic rings. The number of rotatable bonds is 1. The predicted molar refractivity (Wildman–Crippen MR) is 58.6 cm³/mol. The van der Waals surface area contributed by atoms with Crippen molar-refractivity contribution in [1.29, 1.82) is 0 Å². The Bertz CT molecular complexity index is 403. The molecule has 0 fully saturated rings. The van der Waals surface area contributed by atoms with E-state index in [1.54, 1.807) is 11.3 Å². The van der Waals surface area contributed by atoms with Gasteiger partial charge in [0, 0.05) is 11.3 Å². The largest absolute Gasteiger partial charge is 0.399 e. The van der Waals surface area contributed by atoms with Gasteiger partial charge >= 0.3 is 0 Å². The van der Waals surface area contributed by atoms with E-state index in [1.807, 2.05) is 35.7 Å². The van der Waals surface area contributed by atoms with Crippen LogP contribution in [0.2, 0.25) is 0 Å². The Morgan fingerprint density at radius 3 is 2.15 bits per heavy atom. The maximum Gasteiger partial charge on any atom is 0.0936 e. The van der Waals surface area contributed by atoms with Crippen LogP contribution in [0.4, 0.5) is 10.7 Å². The van der Waals surface area contributed by atoms with Gasteiger partial charge in [-0.3, -0.25) is 0 Å². The Morgan fingerprint density at radius 2 is 1.62 bits per heavy atom. The van der Waals surface area contributed by atoms with Gasteiger partial charge in [-0.15, -0.1) is 11.3 Å². The van der Waals surface area contributed by atoms with E-state index in [1.165, 1.54) is 0 Å². The first kappa shape index (κ1) is 8.13. The molecule has 0 saturated carbocycles. The van der Waals surface area contributed by atoms with Crippen LogP contribution in [0.1, 0.15) is 0 Å². The first-order valence-electron chi connectivity index (χ1n) is 3.96. The molecule has 0 radical (unpaired) electrons. The van der Waals surface area contributed by atoms with E-state index in [0.717, 1.165) is 21.8 Å². The van der Waals surface area contributed by atoms with Gasteiger partial charge in [0.2, 0.25) is 0 Å². The van der Waals surface area contributed by atoms with Crippen LogP contribution in [0.3, 0.4) is 0 Å². The van der Waals surface area contributed by atoms with Gasteiger partial charge < -0.3 is 11.5 Å². The summed E-state index contributed by atoms with van der Waals surface area (Å²) in [5, 5.41) is 2.84. The molecule has 0 bridgehead atoms. The van der Waals surface area contributed by atoms with Gasteiger partial charge in [0.1, 0.15) is 0 Å². The van der Waals surface area contributed by atoms with Crippen molar-refractivity contribution in [3.63, 3.8) is 0 Å². The van der Waals surface area contributed by atoms with Crippen LogP contribution in [0, 0.1) is 0 Å². The van der Waals surface area contributed by atoms with Gasteiger partial charge in [-0.05, 0) is 29.1 Å². The summed E-state index contributed by atoms with van der Waals surface area (Å²) < 4.78 is 0. The second kappa shape index (κ2) is 3.11. The van der Waals surface area contributed by atoms with Crippen molar-refractivity contribution in [2.45, 2.75) is 0 Å². The molecule has 0 amide bonds. The van der Waals surface area contributed by atoms with Gasteiger partial charge in [-0.1, -0.05) is 12.1 Å². The van der Waals surface area contributed by atoms with Crippen molar-refractivity contribution in [3.05, 3.63) is 35.7 Å². The van der Waals surface area contributed by atoms with E-state index in [4.69, 9.17) is 11.5 Å². The monoisotopic (exact) mass is 190 g/mol. The lowest BCUT2D eigenvalue weighted by atomic mass is 10.1. The molecule has 0 unspecified atom stereocenters. The first-order chi connectivity index (χ1) is 6.27. The van der Waals surface area contributed by atoms with E-state index >= 15 is 0 Å². The summed E-state index contributed by atoms with van der Waals surface area (Å²) >= 11 is 1.55. The highest BCUT2D eigenvalue weighted by Crippen LogP contribution is 2.30. The van der Waals surface area contributed by atoms with E-state index < -0.39 is 0 Å². The number of hydrogen-bond donors (Lipinski definition) is 2. The van der Waals surface area contributed by atoms with Crippen molar-refractivity contribution in [1.82, 2.24) is 0 Å². The zero-order valence-corrected chi connectivity index (χ0v) is 7.84. The third-order valence-electron chi connectivity index (χ3n) is 1.92. The van der Waals surface area contributed by atoms with E-state index in [0.29, 0.717) is 0 Å². The number of anilines is 2. The number of benzene rings is 1. The van der Waals surface area contributed by atoms with Gasteiger partial charge in [0.25, 0.3) is 0 Å². The van der Waals surface area contributed by atoms with Crippen LogP contribution >= 0.6 is 11.3 Å². The Morgan fingerprint density at radius 1 is 0.923 bits per heavy atom. The fourth-order valence-electron chi connectivity index (χ4n) is 1.22. The third kappa shape index (κ3) is 1.51. The zero-order chi connectivity index (χ0) is 9.26. The van der Waals surface area contributed by atoms with Crippen LogP contribution in [0.15, 0.2) is 35.7 Å². The molecule has 2 rings (SSSR count). The molecule has 0 aliphatic heterocycles. The summed E-state index contributed by atoms with van der Waals surface area (Å²) in [5.74, 6) is 0. The highest BCUT2D eigenvalue weighted by molar-refractivity contribution is 7.14. The standard InChI is InChI=1S/C10H10N2S/c11-8-3-1-7(2-4-8)9-5-6-13-10(9)12/h1-6H,11-12H2. The maximum atomic E-state index is 5.80. The first-order valence-corrected chi connectivity index (χ1v) is 4.84. The lowest BCUT2D eigenvalue weighted by molar-refractivity contribution is 1.66. The Kier molecular flexibility index (Phi) is 1.94. The summed E-state index contributed by atoms with van der Waals surface area (Å²) in [4.78, 5) is 0. The second-order valence-electron chi connectivity index (χ2n) is 2.82. The van der Waals surface area contributed by atoms with Gasteiger partial charge in [0.15, 0.2) is 0 Å². The fourth-order valence-corrected chi connectivity index (χ4v) is 1.89. The molecule has 0 aliphatic rings. The topological polar surface area (TPSA) is 52.0 Å². The summed E-state index contributed by atoms with van der Waals surface area (Å²) in [5.41, 5.74) is 14.4. The number of thiophene rings is 1. The molecule has 4 N–H and O–H groups in total. The minimum atomic E-state index is 0.776. The Balaban J connectivity index is 2.47. The predicted octanol–water partition coefficient (Wildman–Crippen LogP) is 2.58. The van der Waals surface area contributed by atoms with Gasteiger partial charge in [-0.25, -0.2) is 0 Å². The lowest BCUT2D eigenvalue weighted by Gasteiger charge is -1.99. The molecule has 3 heteroatoms. The SMILES string of the molecule is Nc1ccc(-c2ccsc2N)cc1. The van der Waals surface area contributed by atoms with Gasteiger partial charge in [0.05, 0.1) is 5.00 Å². The summed E-state index contributed by atoms with van der Waals surface area (Å²) in [7, 11) is 0. The molecule has 66 valence electrons. The van der Waals surface area contributed by atoms with Crippen LogP contribution in [0.5, 0.6) is 0 Å². The zero-order valence-electron chi connectivity index (χ0n) is 7.03. The highest BCUT2D eigenvalue weighted by Gasteiger charge is 2.02. The molecule has 0 atom stereocenters. The normalized spacial score (nSPS) is 10.2. The molecular weight excluding hydrogens is 180 g/mol. The molecule has 1 heterocycles. The van der Waals surface area contributed by atoms with E-state index in [2.05, 4.69) is 0 Å². The molecule has 0 spiro atoms. The van der Waals surface area contributed by atoms with Crippen molar-refractivity contribution in [2.75, 3.05) is 11.5 Å². The summed E-state index contributed by atoms with van der Waals surface area (Å²) in [6.45, 7) is 0. The molecule has 2 nitrogen and oxygen atoms in total. The molecule has 0 aliphatic carbocycles. The van der Waals surface area contributed by atoms with Gasteiger partial charge in [-0.2, -0.15) is 0 Å². The average molecular weight is 190 g/mol. The van der Waals surface area contributed by atoms with Crippen LogP contribution in [-0.2, 0) is 0 Å². The number of nitrogen functional groups attached to an aromatic ring is 2. The van der Waals surface area contributed by atoms with Crippen LogP contribution in [0.25, 0.3) is 11.1 Å².